The zero-order valence-corrected chi connectivity index (χ0v) is 18.3. The summed E-state index contributed by atoms with van der Waals surface area (Å²) in [6, 6.07) is 6.84. The Kier molecular flexibility index (Phi) is 4.86. The summed E-state index contributed by atoms with van der Waals surface area (Å²) in [6.45, 7) is 0. The normalized spacial score (nSPS) is 11.3. The van der Waals surface area contributed by atoms with E-state index in [2.05, 4.69) is 20.6 Å². The number of anilines is 1. The number of halogens is 2. The van der Waals surface area contributed by atoms with Crippen LogP contribution in [0.5, 0.6) is 0 Å². The molecule has 4 aromatic heterocycles. The average molecular weight is 466 g/mol. The molecule has 2 N–H and O–H groups in total. The lowest BCUT2D eigenvalue weighted by Gasteiger charge is -2.14. The molecule has 0 unspecified atom stereocenters. The van der Waals surface area contributed by atoms with Gasteiger partial charge in [-0.2, -0.15) is 10.2 Å². The predicted octanol–water partition coefficient (Wildman–Crippen LogP) is 3.73. The van der Waals surface area contributed by atoms with E-state index in [0.29, 0.717) is 45.3 Å². The Bertz CT molecular complexity index is 1550. The van der Waals surface area contributed by atoms with Gasteiger partial charge in [0.15, 0.2) is 11.6 Å². The lowest BCUT2D eigenvalue weighted by molar-refractivity contribution is -0.105. The predicted molar refractivity (Wildman–Crippen MR) is 122 cm³/mol. The summed E-state index contributed by atoms with van der Waals surface area (Å²) in [4.78, 5) is 24.4. The number of carbonyl (C=O) groups excluding carboxylic acids is 2. The summed E-state index contributed by atoms with van der Waals surface area (Å²) < 4.78 is 18.8. The molecule has 0 fully saturated rings. The molecule has 0 aliphatic heterocycles. The molecular formula is C22H17ClFN7O2. The number of hydrogen-bond donors (Lipinski definition) is 2. The van der Waals surface area contributed by atoms with Gasteiger partial charge in [-0.15, -0.1) is 0 Å². The minimum atomic E-state index is -0.653. The highest BCUT2D eigenvalue weighted by molar-refractivity contribution is 6.35. The van der Waals surface area contributed by atoms with Gasteiger partial charge in [-0.3, -0.25) is 14.7 Å². The minimum Gasteiger partial charge on any atom is -0.345 e. The van der Waals surface area contributed by atoms with Crippen LogP contribution in [0.15, 0.2) is 49.1 Å². The van der Waals surface area contributed by atoms with Crippen molar-refractivity contribution in [2.75, 3.05) is 19.4 Å². The summed E-state index contributed by atoms with van der Waals surface area (Å²) in [5, 5.41) is 14.2. The largest absolute Gasteiger partial charge is 0.345 e. The summed E-state index contributed by atoms with van der Waals surface area (Å²) in [5.41, 5.74) is 2.81. The Hall–Kier alpha value is -4.18. The van der Waals surface area contributed by atoms with Crippen LogP contribution in [0.1, 0.15) is 10.4 Å². The first-order chi connectivity index (χ1) is 15.9. The first-order valence-corrected chi connectivity index (χ1v) is 10.2. The number of pyridine rings is 1. The standard InChI is InChI=1S/C22H17ClFN7O2/c1-29(2)22(33)13-3-5-30(10-13)21-19(24)18(23)17(15-9-26-27-20(15)21)12-4-6-31-14(7-12)8-16(28-31)25-11-32/h3-11H,1-2H3,(H,26,27)(H,25,28,32). The number of amides is 2. The van der Waals surface area contributed by atoms with E-state index in [9.17, 15) is 9.59 Å². The van der Waals surface area contributed by atoms with Gasteiger partial charge in [0.05, 0.1) is 27.8 Å². The third kappa shape index (κ3) is 3.31. The van der Waals surface area contributed by atoms with E-state index in [4.69, 9.17) is 11.6 Å². The second-order valence-electron chi connectivity index (χ2n) is 7.59. The van der Waals surface area contributed by atoms with Crippen molar-refractivity contribution in [3.05, 3.63) is 65.5 Å². The van der Waals surface area contributed by atoms with Crippen LogP contribution in [0.4, 0.5) is 10.2 Å². The van der Waals surface area contributed by atoms with E-state index in [1.807, 2.05) is 0 Å². The van der Waals surface area contributed by atoms with Crippen molar-refractivity contribution in [1.82, 2.24) is 29.3 Å². The maximum Gasteiger partial charge on any atom is 0.254 e. The molecule has 166 valence electrons. The molecule has 0 atom stereocenters. The van der Waals surface area contributed by atoms with Crippen LogP contribution in [0, 0.1) is 5.82 Å². The van der Waals surface area contributed by atoms with Crippen molar-refractivity contribution < 1.29 is 14.0 Å². The van der Waals surface area contributed by atoms with E-state index >= 15 is 4.39 Å². The fraction of sp³-hybridized carbons (Fsp3) is 0.0909. The molecule has 9 nitrogen and oxygen atoms in total. The van der Waals surface area contributed by atoms with Crippen molar-refractivity contribution in [2.24, 2.45) is 0 Å². The maximum absolute atomic E-state index is 15.7. The number of H-pyrrole nitrogens is 1. The highest BCUT2D eigenvalue weighted by Gasteiger charge is 2.23. The van der Waals surface area contributed by atoms with Crippen LogP contribution in [0.3, 0.4) is 0 Å². The third-order valence-electron chi connectivity index (χ3n) is 5.33. The van der Waals surface area contributed by atoms with Crippen LogP contribution in [-0.2, 0) is 4.79 Å². The van der Waals surface area contributed by atoms with E-state index in [1.165, 1.54) is 9.47 Å². The van der Waals surface area contributed by atoms with Gasteiger partial charge in [0, 0.05) is 49.7 Å². The van der Waals surface area contributed by atoms with E-state index < -0.39 is 5.82 Å². The fourth-order valence-electron chi connectivity index (χ4n) is 3.82. The van der Waals surface area contributed by atoms with E-state index in [-0.39, 0.29) is 16.6 Å². The Morgan fingerprint density at radius 3 is 2.85 bits per heavy atom. The van der Waals surface area contributed by atoms with Gasteiger partial charge in [-0.1, -0.05) is 11.6 Å². The zero-order chi connectivity index (χ0) is 23.3. The van der Waals surface area contributed by atoms with Gasteiger partial charge >= 0.3 is 0 Å². The monoisotopic (exact) mass is 465 g/mol. The van der Waals surface area contributed by atoms with Crippen LogP contribution >= 0.6 is 11.6 Å². The molecule has 0 radical (unpaired) electrons. The smallest absolute Gasteiger partial charge is 0.254 e. The van der Waals surface area contributed by atoms with Crippen molar-refractivity contribution >= 4 is 46.2 Å². The number of benzene rings is 1. The molecule has 0 aliphatic rings. The second-order valence-corrected chi connectivity index (χ2v) is 7.97. The van der Waals surface area contributed by atoms with Gasteiger partial charge in [0.25, 0.3) is 5.91 Å². The van der Waals surface area contributed by atoms with Gasteiger partial charge < -0.3 is 14.8 Å². The number of fused-ring (bicyclic) bond motifs is 2. The maximum atomic E-state index is 15.7. The number of nitrogens with one attached hydrogen (secondary N) is 2. The number of nitrogens with zero attached hydrogens (tertiary/aromatic N) is 5. The number of aromatic nitrogens is 5. The Labute approximate surface area is 191 Å². The summed E-state index contributed by atoms with van der Waals surface area (Å²) in [5.74, 6) is -0.464. The average Bonchev–Trinajstić information content (AvgIpc) is 3.53. The molecule has 2 amide bonds. The molecule has 0 saturated carbocycles. The summed E-state index contributed by atoms with van der Waals surface area (Å²) in [7, 11) is 3.29. The quantitative estimate of drug-likeness (QED) is 0.386. The van der Waals surface area contributed by atoms with Crippen LogP contribution in [0.2, 0.25) is 5.02 Å². The Morgan fingerprint density at radius 2 is 2.09 bits per heavy atom. The first-order valence-electron chi connectivity index (χ1n) is 9.83. The van der Waals surface area contributed by atoms with Crippen molar-refractivity contribution in [3.8, 4) is 16.8 Å². The van der Waals surface area contributed by atoms with Gasteiger partial charge in [-0.25, -0.2) is 8.91 Å². The third-order valence-corrected chi connectivity index (χ3v) is 5.68. The SMILES string of the molecule is CN(C)C(=O)c1ccn(-c2c(F)c(Cl)c(-c3ccn4nc(NC=O)cc4c3)c3cn[nH]c23)c1. The van der Waals surface area contributed by atoms with E-state index in [1.54, 1.807) is 67.7 Å². The number of rotatable bonds is 5. The first kappa shape index (κ1) is 20.7. The molecule has 1 aromatic carbocycles. The Morgan fingerprint density at radius 1 is 1.27 bits per heavy atom. The fourth-order valence-corrected chi connectivity index (χ4v) is 4.12. The highest BCUT2D eigenvalue weighted by Crippen LogP contribution is 2.41. The summed E-state index contributed by atoms with van der Waals surface area (Å²) >= 11 is 6.56. The lowest BCUT2D eigenvalue weighted by atomic mass is 10.0. The van der Waals surface area contributed by atoms with Crippen molar-refractivity contribution in [2.45, 2.75) is 0 Å². The molecule has 5 rings (SSSR count). The van der Waals surface area contributed by atoms with Gasteiger partial charge in [-0.05, 0) is 23.8 Å². The molecule has 0 aliphatic carbocycles. The molecular weight excluding hydrogens is 449 g/mol. The highest BCUT2D eigenvalue weighted by atomic mass is 35.5. The molecule has 11 heteroatoms. The zero-order valence-electron chi connectivity index (χ0n) is 17.5. The number of hydrogen-bond acceptors (Lipinski definition) is 4. The number of aromatic amines is 1. The topological polar surface area (TPSA) is 100 Å². The summed E-state index contributed by atoms with van der Waals surface area (Å²) in [6.07, 6.45) is 6.97. The van der Waals surface area contributed by atoms with E-state index in [0.717, 1.165) is 0 Å². The van der Waals surface area contributed by atoms with Crippen LogP contribution in [-0.4, -0.2) is 55.7 Å². The molecule has 0 bridgehead atoms. The van der Waals surface area contributed by atoms with Crippen LogP contribution < -0.4 is 5.32 Å². The second kappa shape index (κ2) is 7.75. The molecule has 0 saturated heterocycles. The lowest BCUT2D eigenvalue weighted by Crippen LogP contribution is -2.21. The molecule has 33 heavy (non-hydrogen) atoms. The van der Waals surface area contributed by atoms with Gasteiger partial charge in [0.2, 0.25) is 6.41 Å². The molecule has 5 aromatic rings. The molecule has 4 heterocycles. The Balaban J connectivity index is 1.68. The van der Waals surface area contributed by atoms with Crippen molar-refractivity contribution in [3.63, 3.8) is 0 Å². The van der Waals surface area contributed by atoms with Gasteiger partial charge in [0.1, 0.15) is 5.69 Å². The van der Waals surface area contributed by atoms with Crippen molar-refractivity contribution in [1.29, 1.82) is 0 Å². The number of carbonyl (C=O) groups is 2. The minimum absolute atomic E-state index is 0.0804. The molecule has 0 spiro atoms. The van der Waals surface area contributed by atoms with Crippen LogP contribution in [0.25, 0.3) is 33.2 Å².